The van der Waals surface area contributed by atoms with Crippen LogP contribution >= 0.6 is 0 Å². The van der Waals surface area contributed by atoms with Crippen molar-refractivity contribution in [3.05, 3.63) is 0 Å². The number of hydrogen-bond donors (Lipinski definition) is 1. The van der Waals surface area contributed by atoms with E-state index in [1.807, 2.05) is 0 Å². The van der Waals surface area contributed by atoms with Gasteiger partial charge in [0.1, 0.15) is 0 Å². The molecule has 1 aliphatic rings. The molecule has 0 amide bonds. The highest BCUT2D eigenvalue weighted by Gasteiger charge is 2.18. The lowest BCUT2D eigenvalue weighted by atomic mass is 10.2. The quantitative estimate of drug-likeness (QED) is 0.610. The van der Waals surface area contributed by atoms with Gasteiger partial charge in [-0.1, -0.05) is 12.8 Å². The van der Waals surface area contributed by atoms with E-state index in [1.165, 1.54) is 45.1 Å². The SMILES string of the molecule is COCCNCCCCN(C)C1CCCC1. The predicted octanol–water partition coefficient (Wildman–Crippen LogP) is 1.88. The van der Waals surface area contributed by atoms with Crippen LogP contribution in [-0.2, 0) is 4.74 Å². The maximum Gasteiger partial charge on any atom is 0.0587 e. The summed E-state index contributed by atoms with van der Waals surface area (Å²) in [6, 6.07) is 0.876. The van der Waals surface area contributed by atoms with Crippen molar-refractivity contribution >= 4 is 0 Å². The standard InChI is InChI=1S/C13H28N2O/c1-15(13-7-3-4-8-13)11-6-5-9-14-10-12-16-2/h13-14H,3-12H2,1-2H3. The highest BCUT2D eigenvalue weighted by Crippen LogP contribution is 2.22. The largest absolute Gasteiger partial charge is 0.383 e. The fourth-order valence-corrected chi connectivity index (χ4v) is 2.44. The van der Waals surface area contributed by atoms with Crippen molar-refractivity contribution in [2.75, 3.05) is 40.4 Å². The third kappa shape index (κ3) is 5.83. The van der Waals surface area contributed by atoms with Gasteiger partial charge in [0.2, 0.25) is 0 Å². The average molecular weight is 228 g/mol. The molecule has 0 radical (unpaired) electrons. The maximum absolute atomic E-state index is 4.98. The van der Waals surface area contributed by atoms with Gasteiger partial charge in [-0.3, -0.25) is 0 Å². The first kappa shape index (κ1) is 13.9. The van der Waals surface area contributed by atoms with Crippen molar-refractivity contribution in [3.8, 4) is 0 Å². The zero-order chi connectivity index (χ0) is 11.6. The minimum absolute atomic E-state index is 0.821. The second kappa shape index (κ2) is 8.97. The Bertz CT molecular complexity index is 158. The second-order valence-corrected chi connectivity index (χ2v) is 4.87. The molecule has 0 spiro atoms. The van der Waals surface area contributed by atoms with Crippen LogP contribution in [0.4, 0.5) is 0 Å². The van der Waals surface area contributed by atoms with Gasteiger partial charge in [0.25, 0.3) is 0 Å². The third-order valence-electron chi connectivity index (χ3n) is 3.55. The molecule has 3 nitrogen and oxygen atoms in total. The van der Waals surface area contributed by atoms with Crippen molar-refractivity contribution in [1.82, 2.24) is 10.2 Å². The summed E-state index contributed by atoms with van der Waals surface area (Å²) in [5.41, 5.74) is 0. The molecule has 0 saturated heterocycles. The van der Waals surface area contributed by atoms with Gasteiger partial charge in [0, 0.05) is 19.7 Å². The Hall–Kier alpha value is -0.120. The first-order chi connectivity index (χ1) is 7.84. The Morgan fingerprint density at radius 3 is 2.62 bits per heavy atom. The van der Waals surface area contributed by atoms with E-state index >= 15 is 0 Å². The molecule has 0 bridgehead atoms. The topological polar surface area (TPSA) is 24.5 Å². The number of nitrogens with one attached hydrogen (secondary N) is 1. The van der Waals surface area contributed by atoms with Crippen LogP contribution in [0.15, 0.2) is 0 Å². The van der Waals surface area contributed by atoms with Crippen LogP contribution in [0.25, 0.3) is 0 Å². The Labute approximate surface area is 101 Å². The molecule has 0 unspecified atom stereocenters. The van der Waals surface area contributed by atoms with Gasteiger partial charge in [0.05, 0.1) is 6.61 Å². The summed E-state index contributed by atoms with van der Waals surface area (Å²) in [5.74, 6) is 0. The molecule has 0 aromatic carbocycles. The minimum atomic E-state index is 0.821. The predicted molar refractivity (Wildman–Crippen MR) is 68.9 cm³/mol. The Balaban J connectivity index is 1.86. The number of rotatable bonds is 9. The molecule has 0 atom stereocenters. The number of hydrogen-bond acceptors (Lipinski definition) is 3. The van der Waals surface area contributed by atoms with Crippen molar-refractivity contribution in [2.24, 2.45) is 0 Å². The number of unbranched alkanes of at least 4 members (excludes halogenated alkanes) is 1. The lowest BCUT2D eigenvalue weighted by Gasteiger charge is -2.23. The van der Waals surface area contributed by atoms with E-state index in [1.54, 1.807) is 7.11 Å². The van der Waals surface area contributed by atoms with Gasteiger partial charge < -0.3 is 15.0 Å². The molecule has 1 aliphatic carbocycles. The van der Waals surface area contributed by atoms with Crippen LogP contribution in [0.5, 0.6) is 0 Å². The monoisotopic (exact) mass is 228 g/mol. The molecule has 1 saturated carbocycles. The fraction of sp³-hybridized carbons (Fsp3) is 1.00. The summed E-state index contributed by atoms with van der Waals surface area (Å²) >= 11 is 0. The Morgan fingerprint density at radius 1 is 1.19 bits per heavy atom. The van der Waals surface area contributed by atoms with Gasteiger partial charge in [0.15, 0.2) is 0 Å². The third-order valence-corrected chi connectivity index (χ3v) is 3.55. The first-order valence-electron chi connectivity index (χ1n) is 6.74. The zero-order valence-electron chi connectivity index (χ0n) is 11.0. The number of nitrogens with zero attached hydrogens (tertiary/aromatic N) is 1. The summed E-state index contributed by atoms with van der Waals surface area (Å²) in [5, 5.41) is 3.39. The fourth-order valence-electron chi connectivity index (χ4n) is 2.44. The Kier molecular flexibility index (Phi) is 7.81. The van der Waals surface area contributed by atoms with Gasteiger partial charge in [-0.05, 0) is 45.8 Å². The molecule has 0 aliphatic heterocycles. The van der Waals surface area contributed by atoms with Crippen LogP contribution in [0, 0.1) is 0 Å². The second-order valence-electron chi connectivity index (χ2n) is 4.87. The van der Waals surface area contributed by atoms with Crippen LogP contribution in [0.1, 0.15) is 38.5 Å². The van der Waals surface area contributed by atoms with Gasteiger partial charge in [-0.25, -0.2) is 0 Å². The normalized spacial score (nSPS) is 17.4. The average Bonchev–Trinajstić information content (AvgIpc) is 2.81. The lowest BCUT2D eigenvalue weighted by Crippen LogP contribution is -2.30. The maximum atomic E-state index is 4.98. The van der Waals surface area contributed by atoms with E-state index in [4.69, 9.17) is 4.74 Å². The van der Waals surface area contributed by atoms with E-state index in [2.05, 4.69) is 17.3 Å². The highest BCUT2D eigenvalue weighted by atomic mass is 16.5. The molecule has 1 fully saturated rings. The van der Waals surface area contributed by atoms with Crippen LogP contribution in [0.3, 0.4) is 0 Å². The van der Waals surface area contributed by atoms with E-state index in [-0.39, 0.29) is 0 Å². The smallest absolute Gasteiger partial charge is 0.0587 e. The van der Waals surface area contributed by atoms with Gasteiger partial charge in [-0.15, -0.1) is 0 Å². The molecule has 96 valence electrons. The van der Waals surface area contributed by atoms with Crippen molar-refractivity contribution in [1.29, 1.82) is 0 Å². The van der Waals surface area contributed by atoms with Crippen molar-refractivity contribution < 1.29 is 4.74 Å². The minimum Gasteiger partial charge on any atom is -0.383 e. The summed E-state index contributed by atoms with van der Waals surface area (Å²) in [6.45, 7) is 4.19. The number of ether oxygens (including phenoxy) is 1. The van der Waals surface area contributed by atoms with E-state index < -0.39 is 0 Å². The van der Waals surface area contributed by atoms with Crippen LogP contribution < -0.4 is 5.32 Å². The zero-order valence-corrected chi connectivity index (χ0v) is 11.0. The molecule has 0 aromatic rings. The lowest BCUT2D eigenvalue weighted by molar-refractivity contribution is 0.198. The highest BCUT2D eigenvalue weighted by molar-refractivity contribution is 4.74. The van der Waals surface area contributed by atoms with Crippen LogP contribution in [0.2, 0.25) is 0 Å². The van der Waals surface area contributed by atoms with E-state index in [0.29, 0.717) is 0 Å². The van der Waals surface area contributed by atoms with Gasteiger partial charge in [-0.2, -0.15) is 0 Å². The molecule has 1 rings (SSSR count). The molecule has 0 aromatic heterocycles. The van der Waals surface area contributed by atoms with Crippen LogP contribution in [-0.4, -0.2) is 51.3 Å². The molecular formula is C13H28N2O. The summed E-state index contributed by atoms with van der Waals surface area (Å²) in [6.07, 6.45) is 8.31. The summed E-state index contributed by atoms with van der Waals surface area (Å²) < 4.78 is 4.98. The van der Waals surface area contributed by atoms with Crippen molar-refractivity contribution in [2.45, 2.75) is 44.6 Å². The molecule has 16 heavy (non-hydrogen) atoms. The number of methoxy groups -OCH3 is 1. The molecule has 0 heterocycles. The molecule has 1 N–H and O–H groups in total. The van der Waals surface area contributed by atoms with Crippen molar-refractivity contribution in [3.63, 3.8) is 0 Å². The van der Waals surface area contributed by atoms with E-state index in [9.17, 15) is 0 Å². The Morgan fingerprint density at radius 2 is 1.94 bits per heavy atom. The summed E-state index contributed by atoms with van der Waals surface area (Å²) in [7, 11) is 4.03. The molecular weight excluding hydrogens is 200 g/mol. The first-order valence-corrected chi connectivity index (χ1v) is 6.74. The summed E-state index contributed by atoms with van der Waals surface area (Å²) in [4.78, 5) is 2.56. The molecule has 3 heteroatoms. The van der Waals surface area contributed by atoms with E-state index in [0.717, 1.165) is 25.7 Å². The van der Waals surface area contributed by atoms with Gasteiger partial charge >= 0.3 is 0 Å².